The smallest absolute Gasteiger partial charge is 0.410 e. The zero-order valence-corrected chi connectivity index (χ0v) is 14.9. The Hall–Kier alpha value is -1.95. The van der Waals surface area contributed by atoms with Crippen LogP contribution in [0.5, 0.6) is 0 Å². The fraction of sp³-hybridized carbons (Fsp3) is 0.353. The second-order valence-corrected chi connectivity index (χ2v) is 7.39. The lowest BCUT2D eigenvalue weighted by atomic mass is 10.1. The van der Waals surface area contributed by atoms with E-state index in [1.165, 1.54) is 0 Å². The van der Waals surface area contributed by atoms with E-state index in [2.05, 4.69) is 25.9 Å². The Labute approximate surface area is 143 Å². The van der Waals surface area contributed by atoms with E-state index >= 15 is 0 Å². The molecule has 120 valence electrons. The largest absolute Gasteiger partial charge is 0.444 e. The maximum atomic E-state index is 12.2. The molecule has 1 aromatic carbocycles. The van der Waals surface area contributed by atoms with Gasteiger partial charge in [-0.3, -0.25) is 0 Å². The molecule has 5 nitrogen and oxygen atoms in total. The molecule has 6 heteroatoms. The lowest BCUT2D eigenvalue weighted by molar-refractivity contribution is 0.0306. The van der Waals surface area contributed by atoms with E-state index < -0.39 is 5.60 Å². The number of benzene rings is 1. The summed E-state index contributed by atoms with van der Waals surface area (Å²) in [6.07, 6.45) is 3.28. The fourth-order valence-electron chi connectivity index (χ4n) is 2.48. The number of hydrogen-bond acceptors (Lipinski definition) is 4. The van der Waals surface area contributed by atoms with Crippen LogP contribution in [0.2, 0.25) is 0 Å². The molecule has 0 fully saturated rings. The maximum absolute atomic E-state index is 12.2. The zero-order chi connectivity index (χ0) is 16.6. The van der Waals surface area contributed by atoms with E-state index in [4.69, 9.17) is 4.74 Å². The van der Waals surface area contributed by atoms with Crippen molar-refractivity contribution in [2.24, 2.45) is 0 Å². The molecule has 0 N–H and O–H groups in total. The van der Waals surface area contributed by atoms with Gasteiger partial charge in [-0.1, -0.05) is 22.0 Å². The Morgan fingerprint density at radius 3 is 2.83 bits per heavy atom. The number of hydrogen-bond donors (Lipinski definition) is 0. The number of amides is 1. The Morgan fingerprint density at radius 2 is 2.09 bits per heavy atom. The molecule has 0 saturated heterocycles. The van der Waals surface area contributed by atoms with Crippen LogP contribution in [0.3, 0.4) is 0 Å². The van der Waals surface area contributed by atoms with Gasteiger partial charge in [0.25, 0.3) is 0 Å². The van der Waals surface area contributed by atoms with E-state index in [-0.39, 0.29) is 6.09 Å². The Morgan fingerprint density at radius 1 is 1.30 bits per heavy atom. The third-order valence-corrected chi connectivity index (χ3v) is 3.97. The van der Waals surface area contributed by atoms with E-state index in [0.717, 1.165) is 26.6 Å². The van der Waals surface area contributed by atoms with Gasteiger partial charge in [0.2, 0.25) is 0 Å². The van der Waals surface area contributed by atoms with Crippen molar-refractivity contribution < 1.29 is 9.53 Å². The van der Waals surface area contributed by atoms with Crippen LogP contribution in [0.4, 0.5) is 4.79 Å². The standard InChI is InChI=1S/C17H18BrN3O2/c1-17(2,3)23-16(22)21-7-6-11(9-21)15-13-8-12(18)4-5-14(13)19-10-20-15/h4-6,8,10H,7,9H2,1-3H3. The summed E-state index contributed by atoms with van der Waals surface area (Å²) in [7, 11) is 0. The number of carbonyl (C=O) groups is 1. The molecule has 0 unspecified atom stereocenters. The summed E-state index contributed by atoms with van der Waals surface area (Å²) in [5.74, 6) is 0. The van der Waals surface area contributed by atoms with Crippen LogP contribution in [0, 0.1) is 0 Å². The molecule has 1 amide bonds. The molecule has 1 aromatic heterocycles. The van der Waals surface area contributed by atoms with Gasteiger partial charge in [0.15, 0.2) is 0 Å². The number of rotatable bonds is 1. The molecule has 1 aliphatic heterocycles. The summed E-state index contributed by atoms with van der Waals surface area (Å²) in [4.78, 5) is 22.6. The fourth-order valence-corrected chi connectivity index (χ4v) is 2.84. The van der Waals surface area contributed by atoms with Gasteiger partial charge >= 0.3 is 6.09 Å². The number of ether oxygens (including phenoxy) is 1. The quantitative estimate of drug-likeness (QED) is 0.754. The van der Waals surface area contributed by atoms with Crippen molar-refractivity contribution in [3.8, 4) is 0 Å². The zero-order valence-electron chi connectivity index (χ0n) is 13.3. The first-order valence-electron chi connectivity index (χ1n) is 7.41. The molecular formula is C17H18BrN3O2. The summed E-state index contributed by atoms with van der Waals surface area (Å²) in [5.41, 5.74) is 2.27. The monoisotopic (exact) mass is 375 g/mol. The molecule has 0 spiro atoms. The highest BCUT2D eigenvalue weighted by Gasteiger charge is 2.26. The minimum Gasteiger partial charge on any atom is -0.444 e. The average Bonchev–Trinajstić information content (AvgIpc) is 2.94. The van der Waals surface area contributed by atoms with Gasteiger partial charge in [-0.25, -0.2) is 14.8 Å². The van der Waals surface area contributed by atoms with Crippen LogP contribution >= 0.6 is 15.9 Å². The topological polar surface area (TPSA) is 55.3 Å². The molecule has 2 aromatic rings. The van der Waals surface area contributed by atoms with Crippen LogP contribution in [0.25, 0.3) is 16.5 Å². The van der Waals surface area contributed by atoms with Crippen molar-refractivity contribution in [2.75, 3.05) is 13.1 Å². The highest BCUT2D eigenvalue weighted by atomic mass is 79.9. The van der Waals surface area contributed by atoms with Gasteiger partial charge in [0.1, 0.15) is 11.9 Å². The number of halogens is 1. The lowest BCUT2D eigenvalue weighted by Gasteiger charge is -2.24. The van der Waals surface area contributed by atoms with Crippen LogP contribution in [-0.2, 0) is 4.74 Å². The molecule has 2 heterocycles. The number of nitrogens with zero attached hydrogens (tertiary/aromatic N) is 3. The lowest BCUT2D eigenvalue weighted by Crippen LogP contribution is -2.35. The molecule has 0 aliphatic carbocycles. The van der Waals surface area contributed by atoms with Crippen molar-refractivity contribution in [1.29, 1.82) is 0 Å². The van der Waals surface area contributed by atoms with Crippen molar-refractivity contribution in [2.45, 2.75) is 26.4 Å². The molecular weight excluding hydrogens is 358 g/mol. The SMILES string of the molecule is CC(C)(C)OC(=O)N1CC=C(c2ncnc3ccc(Br)cc23)C1. The summed E-state index contributed by atoms with van der Waals surface area (Å²) < 4.78 is 6.40. The van der Waals surface area contributed by atoms with Gasteiger partial charge in [-0.15, -0.1) is 0 Å². The predicted molar refractivity (Wildman–Crippen MR) is 93.0 cm³/mol. The molecule has 1 aliphatic rings. The third-order valence-electron chi connectivity index (χ3n) is 3.47. The average molecular weight is 376 g/mol. The first-order valence-corrected chi connectivity index (χ1v) is 8.20. The Balaban J connectivity index is 1.85. The highest BCUT2D eigenvalue weighted by molar-refractivity contribution is 9.10. The Kier molecular flexibility index (Phi) is 4.10. The van der Waals surface area contributed by atoms with Crippen LogP contribution in [0.1, 0.15) is 26.5 Å². The highest BCUT2D eigenvalue weighted by Crippen LogP contribution is 2.28. The van der Waals surface area contributed by atoms with Gasteiger partial charge in [-0.2, -0.15) is 0 Å². The van der Waals surface area contributed by atoms with E-state index in [0.29, 0.717) is 13.1 Å². The summed E-state index contributed by atoms with van der Waals surface area (Å²) in [5, 5.41) is 0.971. The van der Waals surface area contributed by atoms with Gasteiger partial charge < -0.3 is 9.64 Å². The van der Waals surface area contributed by atoms with Crippen molar-refractivity contribution >= 4 is 38.5 Å². The number of aromatic nitrogens is 2. The summed E-state index contributed by atoms with van der Waals surface area (Å²) in [6.45, 7) is 6.62. The maximum Gasteiger partial charge on any atom is 0.410 e. The molecule has 0 radical (unpaired) electrons. The summed E-state index contributed by atoms with van der Waals surface area (Å²) in [6, 6.07) is 5.91. The van der Waals surface area contributed by atoms with Gasteiger partial charge in [0.05, 0.1) is 17.8 Å². The third kappa shape index (κ3) is 3.52. The summed E-state index contributed by atoms with van der Waals surface area (Å²) >= 11 is 3.48. The molecule has 23 heavy (non-hydrogen) atoms. The minimum absolute atomic E-state index is 0.303. The normalized spacial score (nSPS) is 15.0. The number of carbonyl (C=O) groups excluding carboxylic acids is 1. The van der Waals surface area contributed by atoms with Crippen LogP contribution in [0.15, 0.2) is 35.1 Å². The second-order valence-electron chi connectivity index (χ2n) is 6.47. The second kappa shape index (κ2) is 5.92. The number of fused-ring (bicyclic) bond motifs is 1. The molecule has 0 saturated carbocycles. The van der Waals surface area contributed by atoms with E-state index in [9.17, 15) is 4.79 Å². The van der Waals surface area contributed by atoms with Gasteiger partial charge in [-0.05, 0) is 44.5 Å². The predicted octanol–water partition coefficient (Wildman–Crippen LogP) is 4.03. The minimum atomic E-state index is -0.494. The van der Waals surface area contributed by atoms with Gasteiger partial charge in [0, 0.05) is 16.4 Å². The molecule has 3 rings (SSSR count). The van der Waals surface area contributed by atoms with Crippen LogP contribution < -0.4 is 0 Å². The van der Waals surface area contributed by atoms with E-state index in [1.807, 2.05) is 45.0 Å². The Bertz CT molecular complexity index is 796. The van der Waals surface area contributed by atoms with Crippen molar-refractivity contribution in [3.63, 3.8) is 0 Å². The first kappa shape index (κ1) is 15.9. The van der Waals surface area contributed by atoms with Crippen molar-refractivity contribution in [1.82, 2.24) is 14.9 Å². The first-order chi connectivity index (χ1) is 10.8. The molecule has 0 bridgehead atoms. The van der Waals surface area contributed by atoms with Crippen molar-refractivity contribution in [3.05, 3.63) is 40.8 Å². The van der Waals surface area contributed by atoms with Crippen LogP contribution in [-0.4, -0.2) is 39.7 Å². The molecule has 0 atom stereocenters. The van der Waals surface area contributed by atoms with E-state index in [1.54, 1.807) is 11.2 Å².